The summed E-state index contributed by atoms with van der Waals surface area (Å²) in [7, 11) is 0. The minimum atomic E-state index is -0.149. The van der Waals surface area contributed by atoms with Gasteiger partial charge in [0.2, 0.25) is 11.0 Å². The van der Waals surface area contributed by atoms with Gasteiger partial charge >= 0.3 is 0 Å². The predicted molar refractivity (Wildman–Crippen MR) is 97.4 cm³/mol. The molecule has 0 aromatic carbocycles. The van der Waals surface area contributed by atoms with E-state index in [4.69, 9.17) is 0 Å². The molecule has 0 aliphatic rings. The van der Waals surface area contributed by atoms with Gasteiger partial charge in [0.25, 0.3) is 0 Å². The van der Waals surface area contributed by atoms with Gasteiger partial charge in [0.05, 0.1) is 5.75 Å². The Morgan fingerprint density at radius 2 is 2.24 bits per heavy atom. The van der Waals surface area contributed by atoms with Gasteiger partial charge in [-0.05, 0) is 18.1 Å². The van der Waals surface area contributed by atoms with Crippen molar-refractivity contribution >= 4 is 34.1 Å². The molecular weight excluding hydrogens is 358 g/mol. The van der Waals surface area contributed by atoms with Gasteiger partial charge in [-0.3, -0.25) is 15.1 Å². The van der Waals surface area contributed by atoms with Crippen LogP contribution in [0.25, 0.3) is 11.4 Å². The zero-order chi connectivity index (χ0) is 17.6. The summed E-state index contributed by atoms with van der Waals surface area (Å²) in [6.45, 7) is 5.02. The first kappa shape index (κ1) is 17.5. The highest BCUT2D eigenvalue weighted by Crippen LogP contribution is 2.24. The lowest BCUT2D eigenvalue weighted by Gasteiger charge is -2.12. The lowest BCUT2D eigenvalue weighted by molar-refractivity contribution is -0.113. The van der Waals surface area contributed by atoms with Crippen molar-refractivity contribution in [2.24, 2.45) is 5.92 Å². The summed E-state index contributed by atoms with van der Waals surface area (Å²) in [4.78, 5) is 16.2. The normalized spacial score (nSPS) is 11.0. The van der Waals surface area contributed by atoms with Crippen LogP contribution in [0.4, 0.5) is 5.13 Å². The zero-order valence-electron chi connectivity index (χ0n) is 13.8. The van der Waals surface area contributed by atoms with E-state index >= 15 is 0 Å². The van der Waals surface area contributed by atoms with Gasteiger partial charge in [-0.1, -0.05) is 36.9 Å². The summed E-state index contributed by atoms with van der Waals surface area (Å²) in [5.41, 5.74) is 2.48. The molecule has 0 atom stereocenters. The van der Waals surface area contributed by atoms with Gasteiger partial charge in [0.15, 0.2) is 11.0 Å². The Morgan fingerprint density at radius 1 is 1.36 bits per heavy atom. The monoisotopic (exact) mass is 375 g/mol. The number of hydrogen-bond acceptors (Lipinski definition) is 8. The smallest absolute Gasteiger partial charge is 0.236 e. The van der Waals surface area contributed by atoms with Crippen LogP contribution < -0.4 is 5.32 Å². The standard InChI is InChI=1S/C15H17N7OS2/c1-10(2)7-22-13(11-4-3-5-16-6-11)19-21-15(22)24-8-12(23)18-14-20-17-9-25-14/h3-6,9-10H,7-8H2,1-2H3,(H,18,20,23). The van der Waals surface area contributed by atoms with Crippen LogP contribution in [0, 0.1) is 5.92 Å². The van der Waals surface area contributed by atoms with Crippen LogP contribution >= 0.6 is 23.1 Å². The zero-order valence-corrected chi connectivity index (χ0v) is 15.4. The highest BCUT2D eigenvalue weighted by atomic mass is 32.2. The molecule has 3 heterocycles. The molecule has 0 saturated carbocycles. The van der Waals surface area contributed by atoms with Crippen LogP contribution in [0.1, 0.15) is 13.8 Å². The number of aromatic nitrogens is 6. The summed E-state index contributed by atoms with van der Waals surface area (Å²) in [6, 6.07) is 3.82. The Morgan fingerprint density at radius 3 is 2.92 bits per heavy atom. The van der Waals surface area contributed by atoms with Crippen molar-refractivity contribution in [3.8, 4) is 11.4 Å². The molecule has 0 spiro atoms. The third-order valence-corrected chi connectivity index (χ3v) is 4.70. The summed E-state index contributed by atoms with van der Waals surface area (Å²) in [5, 5.41) is 19.9. The molecule has 0 saturated heterocycles. The van der Waals surface area contributed by atoms with Crippen molar-refractivity contribution in [1.29, 1.82) is 0 Å². The maximum atomic E-state index is 12.0. The van der Waals surface area contributed by atoms with Crippen molar-refractivity contribution in [2.45, 2.75) is 25.5 Å². The maximum Gasteiger partial charge on any atom is 0.236 e. The van der Waals surface area contributed by atoms with Gasteiger partial charge in [-0.25, -0.2) is 0 Å². The average molecular weight is 375 g/mol. The number of carbonyl (C=O) groups is 1. The van der Waals surface area contributed by atoms with Crippen molar-refractivity contribution < 1.29 is 4.79 Å². The third kappa shape index (κ3) is 4.60. The number of thioether (sulfide) groups is 1. The van der Waals surface area contributed by atoms with Crippen molar-refractivity contribution in [3.05, 3.63) is 30.0 Å². The predicted octanol–water partition coefficient (Wildman–Crippen LogP) is 2.58. The first-order chi connectivity index (χ1) is 12.1. The number of pyridine rings is 1. The molecule has 1 N–H and O–H groups in total. The molecule has 3 rings (SSSR count). The van der Waals surface area contributed by atoms with Crippen LogP contribution in [-0.2, 0) is 11.3 Å². The molecule has 0 radical (unpaired) electrons. The van der Waals surface area contributed by atoms with Gasteiger partial charge in [-0.2, -0.15) is 0 Å². The van der Waals surface area contributed by atoms with E-state index in [1.54, 1.807) is 17.9 Å². The van der Waals surface area contributed by atoms with E-state index in [2.05, 4.69) is 44.5 Å². The molecule has 0 bridgehead atoms. The van der Waals surface area contributed by atoms with Crippen LogP contribution in [0.3, 0.4) is 0 Å². The Kier molecular flexibility index (Phi) is 5.71. The molecule has 1 amide bonds. The highest BCUT2D eigenvalue weighted by Gasteiger charge is 2.17. The Balaban J connectivity index is 1.74. The first-order valence-electron chi connectivity index (χ1n) is 7.66. The van der Waals surface area contributed by atoms with Gasteiger partial charge in [0.1, 0.15) is 5.51 Å². The number of amides is 1. The van der Waals surface area contributed by atoms with E-state index in [9.17, 15) is 4.79 Å². The fourth-order valence-electron chi connectivity index (χ4n) is 2.15. The third-order valence-electron chi connectivity index (χ3n) is 3.12. The molecule has 0 fully saturated rings. The molecule has 0 aliphatic carbocycles. The summed E-state index contributed by atoms with van der Waals surface area (Å²) < 4.78 is 2.03. The molecule has 130 valence electrons. The van der Waals surface area contributed by atoms with Crippen molar-refractivity contribution in [1.82, 2.24) is 29.9 Å². The molecule has 25 heavy (non-hydrogen) atoms. The van der Waals surface area contributed by atoms with Crippen LogP contribution in [0.5, 0.6) is 0 Å². The molecular formula is C15H17N7OS2. The minimum Gasteiger partial charge on any atom is -0.302 e. The van der Waals surface area contributed by atoms with E-state index in [1.165, 1.54) is 23.1 Å². The highest BCUT2D eigenvalue weighted by molar-refractivity contribution is 7.99. The lowest BCUT2D eigenvalue weighted by Crippen LogP contribution is -2.15. The number of anilines is 1. The fraction of sp³-hybridized carbons (Fsp3) is 0.333. The Labute approximate surface area is 153 Å². The van der Waals surface area contributed by atoms with Gasteiger partial charge in [0, 0.05) is 24.5 Å². The Bertz CT molecular complexity index is 818. The second-order valence-electron chi connectivity index (χ2n) is 5.63. The number of rotatable bonds is 7. The number of carbonyl (C=O) groups excluding carboxylic acids is 1. The van der Waals surface area contributed by atoms with E-state index in [-0.39, 0.29) is 11.7 Å². The number of hydrogen-bond donors (Lipinski definition) is 1. The second kappa shape index (κ2) is 8.17. The summed E-state index contributed by atoms with van der Waals surface area (Å²) in [5.74, 6) is 1.25. The van der Waals surface area contributed by atoms with Gasteiger partial charge in [-0.15, -0.1) is 20.4 Å². The molecule has 10 heteroatoms. The van der Waals surface area contributed by atoms with Crippen LogP contribution in [0.15, 0.2) is 35.2 Å². The maximum absolute atomic E-state index is 12.0. The molecule has 0 unspecified atom stereocenters. The topological polar surface area (TPSA) is 98.5 Å². The summed E-state index contributed by atoms with van der Waals surface area (Å²) >= 11 is 2.63. The average Bonchev–Trinajstić information content (AvgIpc) is 3.23. The Hall–Kier alpha value is -2.33. The summed E-state index contributed by atoms with van der Waals surface area (Å²) in [6.07, 6.45) is 3.48. The molecule has 3 aromatic rings. The van der Waals surface area contributed by atoms with Crippen LogP contribution in [0.2, 0.25) is 0 Å². The van der Waals surface area contributed by atoms with Crippen molar-refractivity contribution in [2.75, 3.05) is 11.1 Å². The lowest BCUT2D eigenvalue weighted by atomic mass is 10.2. The van der Waals surface area contributed by atoms with E-state index in [1.807, 2.05) is 16.7 Å². The second-order valence-corrected chi connectivity index (χ2v) is 7.41. The van der Waals surface area contributed by atoms with E-state index in [0.717, 1.165) is 17.9 Å². The quantitative estimate of drug-likeness (QED) is 0.634. The van der Waals surface area contributed by atoms with Crippen molar-refractivity contribution in [3.63, 3.8) is 0 Å². The molecule has 8 nitrogen and oxygen atoms in total. The largest absolute Gasteiger partial charge is 0.302 e. The molecule has 3 aromatic heterocycles. The minimum absolute atomic E-state index is 0.149. The number of nitrogens with one attached hydrogen (secondary N) is 1. The molecule has 0 aliphatic heterocycles. The first-order valence-corrected chi connectivity index (χ1v) is 9.52. The SMILES string of the molecule is CC(C)Cn1c(SCC(=O)Nc2nncs2)nnc1-c1cccnc1. The van der Waals surface area contributed by atoms with Gasteiger partial charge < -0.3 is 4.57 Å². The fourth-order valence-corrected chi connectivity index (χ4v) is 3.36. The van der Waals surface area contributed by atoms with E-state index < -0.39 is 0 Å². The number of nitrogens with zero attached hydrogens (tertiary/aromatic N) is 6. The van der Waals surface area contributed by atoms with E-state index in [0.29, 0.717) is 16.2 Å². The van der Waals surface area contributed by atoms with Crippen LogP contribution in [-0.4, -0.2) is 41.6 Å².